The number of anilines is 3. The van der Waals surface area contributed by atoms with Crippen LogP contribution >= 0.6 is 11.3 Å². The highest BCUT2D eigenvalue weighted by Gasteiger charge is 2.20. The maximum absolute atomic E-state index is 11.8. The second-order valence-electron chi connectivity index (χ2n) is 7.31. The fourth-order valence-corrected chi connectivity index (χ4v) is 4.38. The van der Waals surface area contributed by atoms with E-state index < -0.39 is 0 Å². The van der Waals surface area contributed by atoms with Gasteiger partial charge in [-0.1, -0.05) is 0 Å². The van der Waals surface area contributed by atoms with Gasteiger partial charge in [0.05, 0.1) is 11.4 Å². The van der Waals surface area contributed by atoms with E-state index in [9.17, 15) is 4.79 Å². The van der Waals surface area contributed by atoms with Crippen molar-refractivity contribution in [1.29, 1.82) is 0 Å². The first-order valence-electron chi connectivity index (χ1n) is 9.92. The second kappa shape index (κ2) is 8.80. The Morgan fingerprint density at radius 3 is 2.63 bits per heavy atom. The third-order valence-corrected chi connectivity index (χ3v) is 5.99. The number of nitrogens with zero attached hydrogens (tertiary/aromatic N) is 5. The molecule has 0 radical (unpaired) electrons. The Morgan fingerprint density at radius 1 is 1.17 bits per heavy atom. The van der Waals surface area contributed by atoms with Crippen LogP contribution in [-0.4, -0.2) is 64.0 Å². The van der Waals surface area contributed by atoms with Crippen molar-refractivity contribution in [2.75, 3.05) is 43.4 Å². The molecule has 0 unspecified atom stereocenters. The van der Waals surface area contributed by atoms with E-state index in [1.165, 1.54) is 4.88 Å². The highest BCUT2D eigenvalue weighted by Crippen LogP contribution is 2.24. The van der Waals surface area contributed by atoms with Crippen LogP contribution in [0.5, 0.6) is 0 Å². The van der Waals surface area contributed by atoms with Crippen LogP contribution in [0.4, 0.5) is 16.8 Å². The Bertz CT molecular complexity index is 1020. The average Bonchev–Trinajstić information content (AvgIpc) is 3.36. The number of nitrogens with one attached hydrogen (secondary N) is 3. The van der Waals surface area contributed by atoms with Gasteiger partial charge in [-0.15, -0.1) is 11.3 Å². The number of carbonyl (C=O) groups excluding carboxylic acids is 1. The first-order chi connectivity index (χ1) is 14.5. The van der Waals surface area contributed by atoms with Crippen molar-refractivity contribution < 1.29 is 4.79 Å². The van der Waals surface area contributed by atoms with Crippen LogP contribution in [0.25, 0.3) is 0 Å². The normalized spacial score (nSPS) is 14.7. The molecule has 30 heavy (non-hydrogen) atoms. The van der Waals surface area contributed by atoms with Crippen molar-refractivity contribution in [2.45, 2.75) is 20.4 Å². The third-order valence-electron chi connectivity index (χ3n) is 5.09. The number of amides is 1. The van der Waals surface area contributed by atoms with Gasteiger partial charge in [0.2, 0.25) is 5.95 Å². The van der Waals surface area contributed by atoms with Crippen LogP contribution in [-0.2, 0) is 6.54 Å². The molecule has 3 aromatic heterocycles. The Morgan fingerprint density at radius 2 is 1.97 bits per heavy atom. The van der Waals surface area contributed by atoms with Crippen LogP contribution in [0.1, 0.15) is 26.8 Å². The van der Waals surface area contributed by atoms with Crippen molar-refractivity contribution in [3.63, 3.8) is 0 Å². The number of aromatic amines is 1. The minimum absolute atomic E-state index is 0.157. The zero-order valence-corrected chi connectivity index (χ0v) is 18.2. The predicted octanol–water partition coefficient (Wildman–Crippen LogP) is 2.30. The Labute approximate surface area is 179 Å². The van der Waals surface area contributed by atoms with Gasteiger partial charge in [0.15, 0.2) is 5.13 Å². The average molecular weight is 427 g/mol. The first kappa shape index (κ1) is 20.3. The minimum atomic E-state index is -0.157. The van der Waals surface area contributed by atoms with Crippen molar-refractivity contribution in [1.82, 2.24) is 30.2 Å². The summed E-state index contributed by atoms with van der Waals surface area (Å²) in [5.41, 5.74) is 3.45. The topological polar surface area (TPSA) is 102 Å². The largest absolute Gasteiger partial charge is 0.368 e. The van der Waals surface area contributed by atoms with E-state index in [1.807, 2.05) is 26.1 Å². The Hall–Kier alpha value is -2.98. The smallest absolute Gasteiger partial charge is 0.269 e. The van der Waals surface area contributed by atoms with Gasteiger partial charge in [0.1, 0.15) is 5.69 Å². The monoisotopic (exact) mass is 426 g/mol. The molecule has 1 aliphatic rings. The quantitative estimate of drug-likeness (QED) is 0.556. The Kier molecular flexibility index (Phi) is 5.96. The number of rotatable bonds is 6. The Balaban J connectivity index is 1.31. The fourth-order valence-electron chi connectivity index (χ4n) is 3.53. The number of aryl methyl sites for hydroxylation is 2. The summed E-state index contributed by atoms with van der Waals surface area (Å²) in [6.45, 7) is 8.61. The van der Waals surface area contributed by atoms with Gasteiger partial charge in [-0.3, -0.25) is 9.69 Å². The summed E-state index contributed by atoms with van der Waals surface area (Å²) in [6, 6.07) is 3.79. The number of H-pyrrole nitrogens is 1. The number of aromatic nitrogens is 4. The lowest BCUT2D eigenvalue weighted by Crippen LogP contribution is -2.46. The molecule has 10 heteroatoms. The lowest BCUT2D eigenvalue weighted by atomic mass is 10.2. The second-order valence-corrected chi connectivity index (χ2v) is 8.43. The first-order valence-corrected chi connectivity index (χ1v) is 10.7. The summed E-state index contributed by atoms with van der Waals surface area (Å²) < 4.78 is 0. The number of piperazine rings is 1. The number of hydrogen-bond donors (Lipinski definition) is 3. The molecular weight excluding hydrogens is 400 g/mol. The summed E-state index contributed by atoms with van der Waals surface area (Å²) in [7, 11) is 1.62. The van der Waals surface area contributed by atoms with Crippen LogP contribution in [0.2, 0.25) is 0 Å². The van der Waals surface area contributed by atoms with Gasteiger partial charge in [-0.05, 0) is 26.0 Å². The molecule has 0 aromatic carbocycles. The standard InChI is InChI=1S/C20H26N8OS/c1-13-10-22-19(24-13)26-20-23-11-15(30-20)12-27-6-8-28(9-7-27)17-5-4-16(18(29)21-3)25-14(17)2/h4-5,10-11H,6-9,12H2,1-3H3,(H,21,29)(H2,22,23,24,26). The molecule has 0 aliphatic carbocycles. The van der Waals surface area contributed by atoms with Crippen molar-refractivity contribution in [2.24, 2.45) is 0 Å². The number of thiazole rings is 1. The maximum atomic E-state index is 11.8. The van der Waals surface area contributed by atoms with E-state index in [2.05, 4.69) is 40.4 Å². The van der Waals surface area contributed by atoms with Crippen LogP contribution in [0.3, 0.4) is 0 Å². The lowest BCUT2D eigenvalue weighted by molar-refractivity contribution is 0.0958. The number of pyridine rings is 1. The molecule has 3 N–H and O–H groups in total. The van der Waals surface area contributed by atoms with Gasteiger partial charge in [-0.25, -0.2) is 15.0 Å². The SMILES string of the molecule is CNC(=O)c1ccc(N2CCN(Cc3cnc(Nc4ncc(C)[nH]4)s3)CC2)c(C)n1. The lowest BCUT2D eigenvalue weighted by Gasteiger charge is -2.36. The van der Waals surface area contributed by atoms with Gasteiger partial charge in [0.25, 0.3) is 5.91 Å². The molecule has 4 rings (SSSR count). The molecule has 1 fully saturated rings. The molecule has 158 valence electrons. The molecule has 0 atom stereocenters. The molecule has 0 spiro atoms. The minimum Gasteiger partial charge on any atom is -0.368 e. The number of hydrogen-bond acceptors (Lipinski definition) is 8. The molecule has 4 heterocycles. The van der Waals surface area contributed by atoms with E-state index in [-0.39, 0.29) is 5.91 Å². The molecule has 1 saturated heterocycles. The third kappa shape index (κ3) is 4.60. The van der Waals surface area contributed by atoms with E-state index in [0.717, 1.165) is 54.9 Å². The zero-order valence-electron chi connectivity index (χ0n) is 17.4. The van der Waals surface area contributed by atoms with Crippen molar-refractivity contribution >= 4 is 34.0 Å². The molecule has 0 bridgehead atoms. The highest BCUT2D eigenvalue weighted by molar-refractivity contribution is 7.15. The predicted molar refractivity (Wildman–Crippen MR) is 119 cm³/mol. The molecule has 1 aliphatic heterocycles. The van der Waals surface area contributed by atoms with Crippen molar-refractivity contribution in [3.8, 4) is 0 Å². The zero-order chi connectivity index (χ0) is 21.1. The molecule has 1 amide bonds. The van der Waals surface area contributed by atoms with Gasteiger partial charge >= 0.3 is 0 Å². The van der Waals surface area contributed by atoms with E-state index >= 15 is 0 Å². The summed E-state index contributed by atoms with van der Waals surface area (Å²) in [5.74, 6) is 0.559. The van der Waals surface area contributed by atoms with E-state index in [1.54, 1.807) is 30.6 Å². The summed E-state index contributed by atoms with van der Waals surface area (Å²) in [5, 5.41) is 6.67. The van der Waals surface area contributed by atoms with Gasteiger partial charge in [0, 0.05) is 62.7 Å². The molecular formula is C20H26N8OS. The molecule has 9 nitrogen and oxygen atoms in total. The van der Waals surface area contributed by atoms with Gasteiger partial charge < -0.3 is 20.5 Å². The van der Waals surface area contributed by atoms with Crippen LogP contribution < -0.4 is 15.5 Å². The summed E-state index contributed by atoms with van der Waals surface area (Å²) >= 11 is 1.65. The van der Waals surface area contributed by atoms with E-state index in [4.69, 9.17) is 0 Å². The molecule has 0 saturated carbocycles. The highest BCUT2D eigenvalue weighted by atomic mass is 32.1. The van der Waals surface area contributed by atoms with E-state index in [0.29, 0.717) is 11.6 Å². The number of imidazole rings is 1. The maximum Gasteiger partial charge on any atom is 0.269 e. The molecule has 3 aromatic rings. The summed E-state index contributed by atoms with van der Waals surface area (Å²) in [6.07, 6.45) is 3.72. The number of carbonyl (C=O) groups is 1. The fraction of sp³-hybridized carbons (Fsp3) is 0.400. The summed E-state index contributed by atoms with van der Waals surface area (Å²) in [4.78, 5) is 34.1. The van der Waals surface area contributed by atoms with Crippen LogP contribution in [0.15, 0.2) is 24.5 Å². The van der Waals surface area contributed by atoms with Crippen LogP contribution in [0, 0.1) is 13.8 Å². The van der Waals surface area contributed by atoms with Gasteiger partial charge in [-0.2, -0.15) is 0 Å². The van der Waals surface area contributed by atoms with Crippen molar-refractivity contribution in [3.05, 3.63) is 46.5 Å².